The first-order valence-electron chi connectivity index (χ1n) is 4.51. The van der Waals surface area contributed by atoms with Crippen molar-refractivity contribution in [1.82, 2.24) is 14.8 Å². The van der Waals surface area contributed by atoms with Gasteiger partial charge in [-0.25, -0.2) is 0 Å². The summed E-state index contributed by atoms with van der Waals surface area (Å²) in [7, 11) is 0. The molecule has 0 aliphatic carbocycles. The quantitative estimate of drug-likeness (QED) is 0.748. The van der Waals surface area contributed by atoms with Crippen LogP contribution in [0.15, 0.2) is 41.5 Å². The first kappa shape index (κ1) is 9.54. The minimum atomic E-state index is -0.182. The van der Waals surface area contributed by atoms with Crippen molar-refractivity contribution in [3.05, 3.63) is 52.7 Å². The summed E-state index contributed by atoms with van der Waals surface area (Å²) in [5.41, 5.74) is 6.63. The van der Waals surface area contributed by atoms with E-state index in [1.165, 1.54) is 10.7 Å². The Bertz CT molecular complexity index is 506. The zero-order valence-corrected chi connectivity index (χ0v) is 8.00. The van der Waals surface area contributed by atoms with Crippen molar-refractivity contribution in [2.45, 2.75) is 6.54 Å². The Labute approximate surface area is 86.2 Å². The number of pyridine rings is 1. The van der Waals surface area contributed by atoms with Gasteiger partial charge < -0.3 is 5.73 Å². The first-order valence-corrected chi connectivity index (χ1v) is 4.51. The lowest BCUT2D eigenvalue weighted by Gasteiger charge is -2.04. The van der Waals surface area contributed by atoms with Gasteiger partial charge in [0.1, 0.15) is 0 Å². The predicted octanol–water partition coefficient (Wildman–Crippen LogP) is 0.0862. The summed E-state index contributed by atoms with van der Waals surface area (Å²) in [6.07, 6.45) is 3.22. The van der Waals surface area contributed by atoms with Crippen molar-refractivity contribution in [2.24, 2.45) is 5.73 Å². The smallest absolute Gasteiger partial charge is 0.271 e. The minimum Gasteiger partial charge on any atom is -0.325 e. The summed E-state index contributed by atoms with van der Waals surface area (Å²) >= 11 is 0. The zero-order valence-electron chi connectivity index (χ0n) is 8.00. The second-order valence-electron chi connectivity index (χ2n) is 2.98. The summed E-state index contributed by atoms with van der Waals surface area (Å²) in [6.45, 7) is 0.311. The molecule has 15 heavy (non-hydrogen) atoms. The van der Waals surface area contributed by atoms with Gasteiger partial charge >= 0.3 is 0 Å². The average Bonchev–Trinajstić information content (AvgIpc) is 2.31. The second kappa shape index (κ2) is 4.02. The summed E-state index contributed by atoms with van der Waals surface area (Å²) in [4.78, 5) is 15.4. The molecule has 2 rings (SSSR count). The van der Waals surface area contributed by atoms with Gasteiger partial charge in [0, 0.05) is 25.0 Å². The largest absolute Gasteiger partial charge is 0.325 e. The van der Waals surface area contributed by atoms with Crippen LogP contribution in [0.1, 0.15) is 5.69 Å². The van der Waals surface area contributed by atoms with Crippen LogP contribution < -0.4 is 11.3 Å². The lowest BCUT2D eigenvalue weighted by atomic mass is 10.3. The van der Waals surface area contributed by atoms with Crippen LogP contribution >= 0.6 is 0 Å². The molecule has 2 aromatic rings. The fourth-order valence-electron chi connectivity index (χ4n) is 1.23. The first-order chi connectivity index (χ1) is 7.31. The molecule has 0 amide bonds. The van der Waals surface area contributed by atoms with Crippen LogP contribution in [0.25, 0.3) is 5.69 Å². The highest BCUT2D eigenvalue weighted by Crippen LogP contribution is 2.00. The van der Waals surface area contributed by atoms with Crippen molar-refractivity contribution in [3.63, 3.8) is 0 Å². The Morgan fingerprint density at radius 2 is 1.93 bits per heavy atom. The molecule has 0 aliphatic rings. The van der Waals surface area contributed by atoms with Crippen LogP contribution in [0.4, 0.5) is 0 Å². The normalized spacial score (nSPS) is 10.2. The fourth-order valence-corrected chi connectivity index (χ4v) is 1.23. The highest BCUT2D eigenvalue weighted by Gasteiger charge is 2.01. The van der Waals surface area contributed by atoms with Gasteiger partial charge in [-0.1, -0.05) is 0 Å². The van der Waals surface area contributed by atoms with E-state index in [1.807, 2.05) is 0 Å². The third-order valence-electron chi connectivity index (χ3n) is 1.97. The number of nitrogens with two attached hydrogens (primary N) is 1. The molecule has 76 valence electrons. The lowest BCUT2D eigenvalue weighted by Crippen LogP contribution is -2.22. The Hall–Kier alpha value is -2.01. The van der Waals surface area contributed by atoms with Crippen molar-refractivity contribution in [3.8, 4) is 5.69 Å². The molecule has 0 bridgehead atoms. The highest BCUT2D eigenvalue weighted by atomic mass is 16.1. The van der Waals surface area contributed by atoms with E-state index >= 15 is 0 Å². The van der Waals surface area contributed by atoms with Crippen LogP contribution in [0.5, 0.6) is 0 Å². The number of aromatic nitrogens is 3. The van der Waals surface area contributed by atoms with Crippen molar-refractivity contribution in [2.75, 3.05) is 0 Å². The Morgan fingerprint density at radius 3 is 2.60 bits per heavy atom. The molecule has 2 N–H and O–H groups in total. The molecule has 0 aromatic carbocycles. The van der Waals surface area contributed by atoms with Gasteiger partial charge in [-0.05, 0) is 18.2 Å². The molecular weight excluding hydrogens is 192 g/mol. The van der Waals surface area contributed by atoms with Gasteiger partial charge in [-0.2, -0.15) is 9.78 Å². The number of hydrogen-bond acceptors (Lipinski definition) is 4. The molecule has 2 aromatic heterocycles. The zero-order chi connectivity index (χ0) is 10.7. The average molecular weight is 202 g/mol. The topological polar surface area (TPSA) is 73.8 Å². The van der Waals surface area contributed by atoms with Crippen LogP contribution in [0.2, 0.25) is 0 Å². The van der Waals surface area contributed by atoms with Crippen molar-refractivity contribution < 1.29 is 0 Å². The molecule has 0 spiro atoms. The van der Waals surface area contributed by atoms with Gasteiger partial charge in [-0.3, -0.25) is 9.78 Å². The molecule has 0 saturated heterocycles. The monoisotopic (exact) mass is 202 g/mol. The summed E-state index contributed by atoms with van der Waals surface area (Å²) in [6, 6.07) is 6.51. The molecule has 0 aliphatic heterocycles. The minimum absolute atomic E-state index is 0.182. The van der Waals surface area contributed by atoms with E-state index in [-0.39, 0.29) is 5.56 Å². The Kier molecular flexibility index (Phi) is 2.55. The third-order valence-corrected chi connectivity index (χ3v) is 1.97. The molecule has 5 heteroatoms. The molecule has 2 heterocycles. The molecule has 0 fully saturated rings. The third kappa shape index (κ3) is 1.92. The van der Waals surface area contributed by atoms with E-state index in [0.717, 1.165) is 0 Å². The van der Waals surface area contributed by atoms with E-state index in [9.17, 15) is 4.79 Å². The molecule has 0 unspecified atom stereocenters. The second-order valence-corrected chi connectivity index (χ2v) is 2.98. The molecule has 0 radical (unpaired) electrons. The van der Waals surface area contributed by atoms with E-state index in [0.29, 0.717) is 17.9 Å². The fraction of sp³-hybridized carbons (Fsp3) is 0.100. The maximum absolute atomic E-state index is 11.5. The summed E-state index contributed by atoms with van der Waals surface area (Å²) in [5.74, 6) is 0. The SMILES string of the molecule is NCc1ccc(=O)n(-c2ccncc2)n1. The Morgan fingerprint density at radius 1 is 1.20 bits per heavy atom. The number of hydrogen-bond donors (Lipinski definition) is 1. The van der Waals surface area contributed by atoms with Gasteiger partial charge in [0.15, 0.2) is 0 Å². The summed E-state index contributed by atoms with van der Waals surface area (Å²) in [5, 5.41) is 4.11. The molecule has 5 nitrogen and oxygen atoms in total. The van der Waals surface area contributed by atoms with Crippen LogP contribution in [-0.2, 0) is 6.54 Å². The lowest BCUT2D eigenvalue weighted by molar-refractivity contribution is 0.758. The van der Waals surface area contributed by atoms with Gasteiger partial charge in [0.2, 0.25) is 0 Å². The maximum atomic E-state index is 11.5. The Balaban J connectivity index is 2.57. The van der Waals surface area contributed by atoms with Gasteiger partial charge in [0.25, 0.3) is 5.56 Å². The summed E-state index contributed by atoms with van der Waals surface area (Å²) < 4.78 is 1.31. The van der Waals surface area contributed by atoms with E-state index < -0.39 is 0 Å². The van der Waals surface area contributed by atoms with Crippen LogP contribution in [0.3, 0.4) is 0 Å². The van der Waals surface area contributed by atoms with Gasteiger partial charge in [0.05, 0.1) is 11.4 Å². The van der Waals surface area contributed by atoms with Gasteiger partial charge in [-0.15, -0.1) is 0 Å². The molecule has 0 saturated carbocycles. The van der Waals surface area contributed by atoms with Crippen molar-refractivity contribution >= 4 is 0 Å². The highest BCUT2D eigenvalue weighted by molar-refractivity contribution is 5.27. The number of rotatable bonds is 2. The maximum Gasteiger partial charge on any atom is 0.271 e. The number of nitrogens with zero attached hydrogens (tertiary/aromatic N) is 3. The van der Waals surface area contributed by atoms with Crippen molar-refractivity contribution in [1.29, 1.82) is 0 Å². The standard InChI is InChI=1S/C10H10N4O/c11-7-8-1-2-10(15)14(13-8)9-3-5-12-6-4-9/h1-6H,7,11H2. The van der Waals surface area contributed by atoms with E-state index in [2.05, 4.69) is 10.1 Å². The molecular formula is C10H10N4O. The van der Waals surface area contributed by atoms with Crippen LogP contribution in [0, 0.1) is 0 Å². The predicted molar refractivity (Wildman–Crippen MR) is 55.5 cm³/mol. The molecule has 0 atom stereocenters. The van der Waals surface area contributed by atoms with E-state index in [4.69, 9.17) is 5.73 Å². The van der Waals surface area contributed by atoms with Crippen LogP contribution in [-0.4, -0.2) is 14.8 Å². The van der Waals surface area contributed by atoms with E-state index in [1.54, 1.807) is 30.6 Å².